The van der Waals surface area contributed by atoms with E-state index in [9.17, 15) is 0 Å². The molecule has 0 aliphatic heterocycles. The highest BCUT2D eigenvalue weighted by atomic mass is 32.1. The van der Waals surface area contributed by atoms with Gasteiger partial charge < -0.3 is 13.8 Å². The van der Waals surface area contributed by atoms with Crippen molar-refractivity contribution in [2.75, 3.05) is 6.61 Å². The van der Waals surface area contributed by atoms with Gasteiger partial charge >= 0.3 is 0 Å². The van der Waals surface area contributed by atoms with Crippen LogP contribution in [0.5, 0.6) is 5.88 Å². The van der Waals surface area contributed by atoms with E-state index in [0.717, 1.165) is 31.0 Å². The number of aromatic nitrogens is 2. The van der Waals surface area contributed by atoms with Crippen molar-refractivity contribution in [3.05, 3.63) is 6.20 Å². The molecule has 1 aromatic rings. The second-order valence-electron chi connectivity index (χ2n) is 7.32. The molecule has 160 valence electrons. The molecule has 28 heavy (non-hydrogen) atoms. The van der Waals surface area contributed by atoms with Gasteiger partial charge in [0.25, 0.3) is 8.53 Å². The summed E-state index contributed by atoms with van der Waals surface area (Å²) < 4.78 is 29.0. The Hall–Kier alpha value is -0.840. The van der Waals surface area contributed by atoms with Crippen LogP contribution in [-0.2, 0) is 9.05 Å². The zero-order valence-corrected chi connectivity index (χ0v) is 18.6. The maximum absolute atomic E-state index is 8.85. The molecule has 9 heteroatoms. The maximum Gasteiger partial charge on any atom is 0.259 e. The summed E-state index contributed by atoms with van der Waals surface area (Å²) in [6.07, 6.45) is 5.01. The lowest BCUT2D eigenvalue weighted by molar-refractivity contribution is 0.103. The molecule has 0 radical (unpaired) electrons. The van der Waals surface area contributed by atoms with Crippen LogP contribution in [0.2, 0.25) is 0 Å². The molecular formula is C19H35N4O3PS. The third-order valence-corrected chi connectivity index (χ3v) is 7.24. The Kier molecular flexibility index (Phi) is 11.4. The molecule has 0 amide bonds. The predicted octanol–water partition coefficient (Wildman–Crippen LogP) is 5.40. The van der Waals surface area contributed by atoms with Gasteiger partial charge in [0.15, 0.2) is 0 Å². The number of hydrogen-bond acceptors (Lipinski definition) is 8. The molecule has 0 saturated heterocycles. The third kappa shape index (κ3) is 7.20. The van der Waals surface area contributed by atoms with E-state index in [1.54, 1.807) is 6.20 Å². The van der Waals surface area contributed by atoms with Gasteiger partial charge in [0.2, 0.25) is 5.88 Å². The van der Waals surface area contributed by atoms with E-state index in [-0.39, 0.29) is 19.6 Å². The van der Waals surface area contributed by atoms with E-state index in [4.69, 9.17) is 19.0 Å². The Morgan fingerprint density at radius 2 is 2.04 bits per heavy atom. The van der Waals surface area contributed by atoms with Crippen molar-refractivity contribution in [1.29, 1.82) is 5.26 Å². The second-order valence-corrected chi connectivity index (χ2v) is 9.28. The molecule has 1 heterocycles. The lowest BCUT2D eigenvalue weighted by Crippen LogP contribution is -2.35. The van der Waals surface area contributed by atoms with E-state index < -0.39 is 8.53 Å². The highest BCUT2D eigenvalue weighted by Crippen LogP contribution is 2.50. The highest BCUT2D eigenvalue weighted by molar-refractivity contribution is 7.44. The van der Waals surface area contributed by atoms with Crippen LogP contribution >= 0.6 is 20.3 Å². The Balaban J connectivity index is 0.00000392. The Labute approximate surface area is 175 Å². The Bertz CT molecular complexity index is 574. The molecular weight excluding hydrogens is 395 g/mol. The number of hydrogen-bond donors (Lipinski definition) is 0. The molecule has 1 saturated carbocycles. The van der Waals surface area contributed by atoms with Crippen molar-refractivity contribution in [2.24, 2.45) is 5.92 Å². The first-order chi connectivity index (χ1) is 13.0. The van der Waals surface area contributed by atoms with Crippen LogP contribution in [0.15, 0.2) is 6.20 Å². The van der Waals surface area contributed by atoms with E-state index >= 15 is 0 Å². The first-order valence-electron chi connectivity index (χ1n) is 9.65. The summed E-state index contributed by atoms with van der Waals surface area (Å²) in [5.74, 6) is 1.02. The molecule has 7 nitrogen and oxygen atoms in total. The summed E-state index contributed by atoms with van der Waals surface area (Å²) in [5.41, 5.74) is 0. The minimum atomic E-state index is -1.23. The van der Waals surface area contributed by atoms with Crippen molar-refractivity contribution in [1.82, 2.24) is 13.4 Å². The number of ether oxygens (including phenoxy) is 1. The van der Waals surface area contributed by atoms with Gasteiger partial charge in [-0.1, -0.05) is 20.8 Å². The van der Waals surface area contributed by atoms with Gasteiger partial charge in [-0.25, -0.2) is 4.67 Å². The zero-order valence-electron chi connectivity index (χ0n) is 16.9. The molecule has 1 fully saturated rings. The minimum absolute atomic E-state index is 0. The average Bonchev–Trinajstić information content (AvgIpc) is 3.24. The summed E-state index contributed by atoms with van der Waals surface area (Å²) in [4.78, 5) is 0. The zero-order chi connectivity index (χ0) is 19.8. The van der Waals surface area contributed by atoms with Crippen LogP contribution in [0.3, 0.4) is 0 Å². The summed E-state index contributed by atoms with van der Waals surface area (Å²) in [6.45, 7) is 11.2. The summed E-state index contributed by atoms with van der Waals surface area (Å²) in [6, 6.07) is 2.74. The molecule has 2 rings (SSSR count). The third-order valence-electron chi connectivity index (χ3n) is 4.63. The number of nitrogens with zero attached hydrogens (tertiary/aromatic N) is 4. The van der Waals surface area contributed by atoms with E-state index in [1.807, 2.05) is 0 Å². The van der Waals surface area contributed by atoms with E-state index in [2.05, 4.69) is 54.1 Å². The molecule has 0 spiro atoms. The van der Waals surface area contributed by atoms with Gasteiger partial charge in [-0.3, -0.25) is 0 Å². The second kappa shape index (κ2) is 12.7. The molecule has 1 aromatic heterocycles. The monoisotopic (exact) mass is 430 g/mol. The molecule has 1 aliphatic carbocycles. The van der Waals surface area contributed by atoms with Gasteiger partial charge in [0.1, 0.15) is 12.3 Å². The van der Waals surface area contributed by atoms with Gasteiger partial charge in [0.05, 0.1) is 36.9 Å². The fourth-order valence-electron chi connectivity index (χ4n) is 3.48. The standard InChI is InChI=1S/C18H31N4O3PS.CH4/c1-6-15-10-16(24-18-12-20-27-21-18)11-17(15)25-26(23-9-7-8-19)22(13(2)3)14(4)5;/h12-17H,6-7,9-11H2,1-5H3;1H4/t15-,16+,17-,26?;/m0./s1. The van der Waals surface area contributed by atoms with Crippen LogP contribution < -0.4 is 4.74 Å². The van der Waals surface area contributed by atoms with Crippen LogP contribution in [0, 0.1) is 17.2 Å². The summed E-state index contributed by atoms with van der Waals surface area (Å²) in [5, 5.41) is 8.85. The van der Waals surface area contributed by atoms with Gasteiger partial charge in [-0.2, -0.15) is 9.64 Å². The summed E-state index contributed by atoms with van der Waals surface area (Å²) in [7, 11) is -1.23. The van der Waals surface area contributed by atoms with Crippen LogP contribution in [0.25, 0.3) is 0 Å². The van der Waals surface area contributed by atoms with E-state index in [1.165, 1.54) is 0 Å². The minimum Gasteiger partial charge on any atom is -0.473 e. The smallest absolute Gasteiger partial charge is 0.259 e. The first kappa shape index (κ1) is 25.2. The van der Waals surface area contributed by atoms with Crippen LogP contribution in [0.4, 0.5) is 0 Å². The average molecular weight is 431 g/mol. The molecule has 0 N–H and O–H groups in total. The SMILES string of the molecule is C.CC[C@H]1C[C@@H](Oc2cnsn2)C[C@@H]1OP(OCCC#N)N(C(C)C)C(C)C. The first-order valence-corrected chi connectivity index (χ1v) is 11.5. The number of rotatable bonds is 11. The number of nitriles is 1. The quantitative estimate of drug-likeness (QED) is 0.343. The fourth-order valence-corrected chi connectivity index (χ4v) is 5.63. The molecule has 1 unspecified atom stereocenters. The van der Waals surface area contributed by atoms with Crippen molar-refractivity contribution in [3.8, 4) is 11.9 Å². The van der Waals surface area contributed by atoms with Crippen LogP contribution in [-0.4, -0.2) is 44.3 Å². The van der Waals surface area contributed by atoms with Crippen molar-refractivity contribution >= 4 is 20.3 Å². The highest BCUT2D eigenvalue weighted by Gasteiger charge is 2.39. The topological polar surface area (TPSA) is 80.5 Å². The molecule has 0 aromatic carbocycles. The maximum atomic E-state index is 8.85. The van der Waals surface area contributed by atoms with Crippen LogP contribution in [0.1, 0.15) is 67.7 Å². The fraction of sp³-hybridized carbons (Fsp3) is 0.842. The lowest BCUT2D eigenvalue weighted by atomic mass is 10.0. The largest absolute Gasteiger partial charge is 0.473 e. The Morgan fingerprint density at radius 1 is 1.32 bits per heavy atom. The lowest BCUT2D eigenvalue weighted by Gasteiger charge is -2.37. The molecule has 0 bridgehead atoms. The molecule has 1 aliphatic rings. The Morgan fingerprint density at radius 3 is 2.57 bits per heavy atom. The van der Waals surface area contributed by atoms with Crippen molar-refractivity contribution in [2.45, 2.75) is 92.0 Å². The van der Waals surface area contributed by atoms with E-state index in [0.29, 0.717) is 36.9 Å². The molecule has 4 atom stereocenters. The van der Waals surface area contributed by atoms with Gasteiger partial charge in [-0.15, -0.1) is 4.37 Å². The predicted molar refractivity (Wildman–Crippen MR) is 114 cm³/mol. The summed E-state index contributed by atoms with van der Waals surface area (Å²) >= 11 is 1.16. The van der Waals surface area contributed by atoms with Gasteiger partial charge in [0, 0.05) is 18.5 Å². The van der Waals surface area contributed by atoms with Gasteiger partial charge in [-0.05, 0) is 40.0 Å². The normalized spacial score (nSPS) is 23.0. The van der Waals surface area contributed by atoms with Crippen molar-refractivity contribution < 1.29 is 13.8 Å². The van der Waals surface area contributed by atoms with Crippen molar-refractivity contribution in [3.63, 3.8) is 0 Å².